The molecule has 1 aromatic rings. The highest BCUT2D eigenvalue weighted by molar-refractivity contribution is 7.99. The van der Waals surface area contributed by atoms with E-state index in [0.717, 1.165) is 11.1 Å². The lowest BCUT2D eigenvalue weighted by Gasteiger charge is -2.25. The Hall–Kier alpha value is -2.02. The number of thioether (sulfide) groups is 1. The van der Waals surface area contributed by atoms with Crippen molar-refractivity contribution in [3.8, 4) is 0 Å². The van der Waals surface area contributed by atoms with Crippen LogP contribution in [0.4, 0.5) is 0 Å². The number of carboxylic acid groups (broad SMARTS) is 1. The van der Waals surface area contributed by atoms with Gasteiger partial charge in [0.1, 0.15) is 6.04 Å². The van der Waals surface area contributed by atoms with E-state index in [1.54, 1.807) is 19.1 Å². The van der Waals surface area contributed by atoms with Crippen molar-refractivity contribution >= 4 is 29.5 Å². The second-order valence-corrected chi connectivity index (χ2v) is 6.80. The predicted molar refractivity (Wildman–Crippen MR) is 92.7 cm³/mol. The summed E-state index contributed by atoms with van der Waals surface area (Å²) in [7, 11) is 0. The molecule has 0 saturated carbocycles. The lowest BCUT2D eigenvalue weighted by atomic mass is 9.97. The molecule has 2 amide bonds. The molecule has 1 aliphatic heterocycles. The van der Waals surface area contributed by atoms with E-state index in [2.05, 4.69) is 5.32 Å². The van der Waals surface area contributed by atoms with E-state index in [-0.39, 0.29) is 5.91 Å². The number of nitrogens with one attached hydrogen (secondary N) is 1. The number of amides is 2. The summed E-state index contributed by atoms with van der Waals surface area (Å²) in [4.78, 5) is 37.7. The lowest BCUT2D eigenvalue weighted by Crippen LogP contribution is -2.49. The fourth-order valence-corrected chi connectivity index (χ4v) is 3.89. The Labute approximate surface area is 145 Å². The minimum atomic E-state index is -1.12. The summed E-state index contributed by atoms with van der Waals surface area (Å²) in [6.45, 7) is 5.48. The Balaban J connectivity index is 2.22. The highest BCUT2D eigenvalue weighted by atomic mass is 32.2. The summed E-state index contributed by atoms with van der Waals surface area (Å²) in [6, 6.07) is 3.64. The first-order valence-corrected chi connectivity index (χ1v) is 8.98. The summed E-state index contributed by atoms with van der Waals surface area (Å²) in [5, 5.41) is 12.2. The van der Waals surface area contributed by atoms with Gasteiger partial charge in [-0.1, -0.05) is 25.1 Å². The third-order valence-electron chi connectivity index (χ3n) is 4.30. The zero-order valence-electron chi connectivity index (χ0n) is 14.0. The Morgan fingerprint density at radius 1 is 1.38 bits per heavy atom. The van der Waals surface area contributed by atoms with Crippen LogP contribution in [0.2, 0.25) is 0 Å². The van der Waals surface area contributed by atoms with Crippen LogP contribution in [0.1, 0.15) is 36.1 Å². The first-order chi connectivity index (χ1) is 11.4. The molecule has 0 spiro atoms. The molecule has 0 aliphatic carbocycles. The molecule has 0 aromatic heterocycles. The van der Waals surface area contributed by atoms with E-state index in [9.17, 15) is 19.5 Å². The quantitative estimate of drug-likeness (QED) is 0.846. The van der Waals surface area contributed by atoms with Gasteiger partial charge in [0.2, 0.25) is 11.8 Å². The standard InChI is InChI=1S/C17H22N2O4S/c1-4-14(20)19-9-24-8-13(19)16(21)18-15(17(22)23)12-7-5-6-10(2)11(12)3/h5-7,13,15H,4,8-9H2,1-3H3,(H,18,21)(H,22,23). The van der Waals surface area contributed by atoms with Crippen LogP contribution in [-0.4, -0.2) is 45.5 Å². The number of carbonyl (C=O) groups is 3. The van der Waals surface area contributed by atoms with Gasteiger partial charge in [0.15, 0.2) is 6.04 Å². The largest absolute Gasteiger partial charge is 0.479 e. The smallest absolute Gasteiger partial charge is 0.330 e. The molecule has 2 atom stereocenters. The zero-order valence-corrected chi connectivity index (χ0v) is 14.9. The summed E-state index contributed by atoms with van der Waals surface area (Å²) < 4.78 is 0. The molecular formula is C17H22N2O4S. The van der Waals surface area contributed by atoms with Gasteiger partial charge in [0, 0.05) is 12.2 Å². The topological polar surface area (TPSA) is 86.7 Å². The average molecular weight is 350 g/mol. The van der Waals surface area contributed by atoms with Gasteiger partial charge >= 0.3 is 5.97 Å². The van der Waals surface area contributed by atoms with E-state index in [1.807, 2.05) is 19.9 Å². The summed E-state index contributed by atoms with van der Waals surface area (Å²) in [5.74, 6) is -0.687. The predicted octanol–water partition coefficient (Wildman–Crippen LogP) is 1.86. The number of hydrogen-bond acceptors (Lipinski definition) is 4. The molecule has 130 valence electrons. The molecule has 1 heterocycles. The van der Waals surface area contributed by atoms with Crippen molar-refractivity contribution in [2.75, 3.05) is 11.6 Å². The number of aliphatic carboxylic acids is 1. The zero-order chi connectivity index (χ0) is 17.9. The highest BCUT2D eigenvalue weighted by Gasteiger charge is 2.36. The van der Waals surface area contributed by atoms with Crippen molar-refractivity contribution in [1.82, 2.24) is 10.2 Å². The van der Waals surface area contributed by atoms with Crippen molar-refractivity contribution in [3.63, 3.8) is 0 Å². The van der Waals surface area contributed by atoms with Crippen molar-refractivity contribution in [3.05, 3.63) is 34.9 Å². The molecule has 2 unspecified atom stereocenters. The number of rotatable bonds is 5. The first kappa shape index (κ1) is 18.3. The van der Waals surface area contributed by atoms with Crippen LogP contribution in [0, 0.1) is 13.8 Å². The molecule has 6 nitrogen and oxygen atoms in total. The van der Waals surface area contributed by atoms with E-state index in [0.29, 0.717) is 23.6 Å². The molecule has 0 radical (unpaired) electrons. The van der Waals surface area contributed by atoms with Crippen LogP contribution in [0.5, 0.6) is 0 Å². The van der Waals surface area contributed by atoms with Gasteiger partial charge in [0.25, 0.3) is 0 Å². The van der Waals surface area contributed by atoms with Crippen molar-refractivity contribution in [2.24, 2.45) is 0 Å². The fraction of sp³-hybridized carbons (Fsp3) is 0.471. The monoisotopic (exact) mass is 350 g/mol. The molecule has 1 fully saturated rings. The number of hydrogen-bond donors (Lipinski definition) is 2. The lowest BCUT2D eigenvalue weighted by molar-refractivity contribution is -0.143. The SMILES string of the molecule is CCC(=O)N1CSCC1C(=O)NC(C(=O)O)c1cccc(C)c1C. The third-order valence-corrected chi connectivity index (χ3v) is 5.31. The van der Waals surface area contributed by atoms with E-state index in [1.165, 1.54) is 16.7 Å². The number of nitrogens with zero attached hydrogens (tertiary/aromatic N) is 1. The van der Waals surface area contributed by atoms with Crippen LogP contribution >= 0.6 is 11.8 Å². The Morgan fingerprint density at radius 2 is 2.08 bits per heavy atom. The summed E-state index contributed by atoms with van der Waals surface area (Å²) >= 11 is 1.50. The van der Waals surface area contributed by atoms with Gasteiger partial charge in [-0.25, -0.2) is 4.79 Å². The maximum atomic E-state index is 12.6. The van der Waals surface area contributed by atoms with Crippen LogP contribution in [0.15, 0.2) is 18.2 Å². The molecule has 2 N–H and O–H groups in total. The van der Waals surface area contributed by atoms with Gasteiger partial charge in [-0.2, -0.15) is 0 Å². The van der Waals surface area contributed by atoms with Crippen LogP contribution in [0.25, 0.3) is 0 Å². The van der Waals surface area contributed by atoms with E-state index in [4.69, 9.17) is 0 Å². The Morgan fingerprint density at radius 3 is 2.71 bits per heavy atom. The minimum Gasteiger partial charge on any atom is -0.479 e. The van der Waals surface area contributed by atoms with E-state index >= 15 is 0 Å². The highest BCUT2D eigenvalue weighted by Crippen LogP contribution is 2.24. The van der Waals surface area contributed by atoms with E-state index < -0.39 is 24.0 Å². The molecular weight excluding hydrogens is 328 g/mol. The second kappa shape index (κ2) is 7.70. The normalized spacial score (nSPS) is 18.3. The summed E-state index contributed by atoms with van der Waals surface area (Å²) in [5.41, 5.74) is 2.37. The molecule has 0 bridgehead atoms. The maximum absolute atomic E-state index is 12.6. The maximum Gasteiger partial charge on any atom is 0.330 e. The number of benzene rings is 1. The van der Waals surface area contributed by atoms with Crippen LogP contribution < -0.4 is 5.32 Å². The fourth-order valence-electron chi connectivity index (χ4n) is 2.71. The Kier molecular flexibility index (Phi) is 5.88. The molecule has 1 aromatic carbocycles. The van der Waals surface area contributed by atoms with Gasteiger partial charge < -0.3 is 15.3 Å². The first-order valence-electron chi connectivity index (χ1n) is 7.83. The second-order valence-electron chi connectivity index (χ2n) is 5.80. The molecule has 1 saturated heterocycles. The van der Waals surface area contributed by atoms with Crippen molar-refractivity contribution in [1.29, 1.82) is 0 Å². The summed E-state index contributed by atoms with van der Waals surface area (Å²) in [6.07, 6.45) is 0.323. The van der Waals surface area contributed by atoms with Crippen LogP contribution in [-0.2, 0) is 14.4 Å². The number of aryl methyl sites for hydroxylation is 1. The minimum absolute atomic E-state index is 0.0984. The molecule has 1 aliphatic rings. The molecule has 24 heavy (non-hydrogen) atoms. The molecule has 2 rings (SSSR count). The average Bonchev–Trinajstić information content (AvgIpc) is 3.04. The molecule has 7 heteroatoms. The Bertz CT molecular complexity index is 662. The number of carboxylic acids is 1. The van der Waals surface area contributed by atoms with Crippen molar-refractivity contribution in [2.45, 2.75) is 39.3 Å². The van der Waals surface area contributed by atoms with Gasteiger partial charge in [-0.05, 0) is 30.5 Å². The van der Waals surface area contributed by atoms with Crippen LogP contribution in [0.3, 0.4) is 0 Å². The van der Waals surface area contributed by atoms with Gasteiger partial charge in [0.05, 0.1) is 5.88 Å². The number of carbonyl (C=O) groups excluding carboxylic acids is 2. The van der Waals surface area contributed by atoms with Crippen molar-refractivity contribution < 1.29 is 19.5 Å². The third kappa shape index (κ3) is 3.72. The van der Waals surface area contributed by atoms with Gasteiger partial charge in [-0.15, -0.1) is 11.8 Å². The van der Waals surface area contributed by atoms with Gasteiger partial charge in [-0.3, -0.25) is 9.59 Å².